The van der Waals surface area contributed by atoms with Crippen LogP contribution in [0.25, 0.3) is 0 Å². The molecule has 120 valence electrons. The highest BCUT2D eigenvalue weighted by atomic mass is 16.1. The Morgan fingerprint density at radius 2 is 2.13 bits per heavy atom. The molecule has 1 unspecified atom stereocenters. The third-order valence-corrected chi connectivity index (χ3v) is 4.03. The van der Waals surface area contributed by atoms with Gasteiger partial charge in [-0.1, -0.05) is 6.07 Å². The smallest absolute Gasteiger partial charge is 0.225 e. The highest BCUT2D eigenvalue weighted by Crippen LogP contribution is 2.19. The van der Waals surface area contributed by atoms with Crippen molar-refractivity contribution in [3.05, 3.63) is 48.5 Å². The zero-order valence-corrected chi connectivity index (χ0v) is 13.1. The number of nitrogens with one attached hydrogen (secondary N) is 1. The fraction of sp³-hybridized carbons (Fsp3) is 0.412. The SMILES string of the molecule is O=C(Cc1cccnc1)NCC1CCCN(c2ncccn2)C1. The van der Waals surface area contributed by atoms with E-state index in [1.54, 1.807) is 24.8 Å². The molecule has 2 aromatic rings. The summed E-state index contributed by atoms with van der Waals surface area (Å²) in [6.45, 7) is 2.56. The maximum atomic E-state index is 12.0. The first kappa shape index (κ1) is 15.4. The lowest BCUT2D eigenvalue weighted by atomic mass is 9.98. The number of aromatic nitrogens is 3. The summed E-state index contributed by atoms with van der Waals surface area (Å²) in [5.41, 5.74) is 0.938. The van der Waals surface area contributed by atoms with E-state index in [9.17, 15) is 4.79 Å². The first-order valence-electron chi connectivity index (χ1n) is 7.99. The van der Waals surface area contributed by atoms with E-state index in [4.69, 9.17) is 0 Å². The van der Waals surface area contributed by atoms with Gasteiger partial charge in [0.2, 0.25) is 11.9 Å². The molecule has 1 saturated heterocycles. The Hall–Kier alpha value is -2.50. The van der Waals surface area contributed by atoms with Crippen molar-refractivity contribution in [2.24, 2.45) is 5.92 Å². The molecule has 1 fully saturated rings. The van der Waals surface area contributed by atoms with Crippen LogP contribution in [0.2, 0.25) is 0 Å². The summed E-state index contributed by atoms with van der Waals surface area (Å²) in [5.74, 6) is 1.26. The van der Waals surface area contributed by atoms with Crippen molar-refractivity contribution in [3.8, 4) is 0 Å². The zero-order chi connectivity index (χ0) is 15.9. The largest absolute Gasteiger partial charge is 0.355 e. The van der Waals surface area contributed by atoms with Gasteiger partial charge in [0, 0.05) is 44.4 Å². The van der Waals surface area contributed by atoms with Gasteiger partial charge in [0.15, 0.2) is 0 Å². The number of carbonyl (C=O) groups is 1. The van der Waals surface area contributed by atoms with Gasteiger partial charge in [-0.05, 0) is 36.5 Å². The molecule has 1 amide bonds. The summed E-state index contributed by atoms with van der Waals surface area (Å²) < 4.78 is 0. The van der Waals surface area contributed by atoms with Gasteiger partial charge in [-0.15, -0.1) is 0 Å². The molecule has 0 spiro atoms. The van der Waals surface area contributed by atoms with Crippen LogP contribution >= 0.6 is 0 Å². The van der Waals surface area contributed by atoms with Gasteiger partial charge in [-0.25, -0.2) is 9.97 Å². The van der Waals surface area contributed by atoms with Crippen molar-refractivity contribution in [3.63, 3.8) is 0 Å². The first-order valence-corrected chi connectivity index (χ1v) is 7.99. The molecule has 6 nitrogen and oxygen atoms in total. The lowest BCUT2D eigenvalue weighted by Gasteiger charge is -2.32. The minimum atomic E-state index is 0.0473. The normalized spacial score (nSPS) is 17.7. The topological polar surface area (TPSA) is 71.0 Å². The first-order chi connectivity index (χ1) is 11.3. The Bertz CT molecular complexity index is 619. The van der Waals surface area contributed by atoms with Crippen LogP contribution in [0.1, 0.15) is 18.4 Å². The van der Waals surface area contributed by atoms with E-state index in [1.165, 1.54) is 0 Å². The summed E-state index contributed by atoms with van der Waals surface area (Å²) in [6.07, 6.45) is 9.57. The number of hydrogen-bond donors (Lipinski definition) is 1. The number of pyridine rings is 1. The fourth-order valence-corrected chi connectivity index (χ4v) is 2.88. The van der Waals surface area contributed by atoms with E-state index in [1.807, 2.05) is 18.2 Å². The van der Waals surface area contributed by atoms with Gasteiger partial charge in [-0.2, -0.15) is 0 Å². The molecule has 0 radical (unpaired) electrons. The highest BCUT2D eigenvalue weighted by Gasteiger charge is 2.21. The van der Waals surface area contributed by atoms with Crippen molar-refractivity contribution < 1.29 is 4.79 Å². The maximum absolute atomic E-state index is 12.0. The molecule has 2 aromatic heterocycles. The summed E-state index contributed by atoms with van der Waals surface area (Å²) >= 11 is 0. The van der Waals surface area contributed by atoms with Crippen molar-refractivity contribution in [2.75, 3.05) is 24.5 Å². The Kier molecular flexibility index (Phi) is 5.13. The molecule has 3 rings (SSSR count). The van der Waals surface area contributed by atoms with E-state index < -0.39 is 0 Å². The van der Waals surface area contributed by atoms with Gasteiger partial charge in [0.1, 0.15) is 0 Å². The van der Waals surface area contributed by atoms with Crippen LogP contribution in [-0.2, 0) is 11.2 Å². The van der Waals surface area contributed by atoms with Gasteiger partial charge < -0.3 is 10.2 Å². The fourth-order valence-electron chi connectivity index (χ4n) is 2.88. The minimum Gasteiger partial charge on any atom is -0.355 e. The number of carbonyl (C=O) groups excluding carboxylic acids is 1. The molecule has 0 aromatic carbocycles. The van der Waals surface area contributed by atoms with Crippen LogP contribution in [0.5, 0.6) is 0 Å². The van der Waals surface area contributed by atoms with Crippen molar-refractivity contribution in [1.82, 2.24) is 20.3 Å². The van der Waals surface area contributed by atoms with Gasteiger partial charge in [-0.3, -0.25) is 9.78 Å². The molecule has 0 saturated carbocycles. The zero-order valence-electron chi connectivity index (χ0n) is 13.1. The summed E-state index contributed by atoms with van der Waals surface area (Å²) in [7, 11) is 0. The molecule has 23 heavy (non-hydrogen) atoms. The summed E-state index contributed by atoms with van der Waals surface area (Å²) in [6, 6.07) is 5.59. The molecule has 1 atom stereocenters. The lowest BCUT2D eigenvalue weighted by molar-refractivity contribution is -0.120. The van der Waals surface area contributed by atoms with Crippen LogP contribution in [0.3, 0.4) is 0 Å². The Morgan fingerprint density at radius 1 is 1.26 bits per heavy atom. The molecule has 1 aliphatic rings. The molecule has 1 N–H and O–H groups in total. The van der Waals surface area contributed by atoms with E-state index >= 15 is 0 Å². The number of hydrogen-bond acceptors (Lipinski definition) is 5. The van der Waals surface area contributed by atoms with Crippen LogP contribution in [0.15, 0.2) is 43.0 Å². The second-order valence-electron chi connectivity index (χ2n) is 5.85. The molecule has 0 aliphatic carbocycles. The molecular formula is C17H21N5O. The second-order valence-corrected chi connectivity index (χ2v) is 5.85. The average Bonchev–Trinajstić information content (AvgIpc) is 2.62. The van der Waals surface area contributed by atoms with E-state index in [-0.39, 0.29) is 5.91 Å². The summed E-state index contributed by atoms with van der Waals surface area (Å²) in [4.78, 5) is 26.9. The van der Waals surface area contributed by atoms with Crippen LogP contribution in [0.4, 0.5) is 5.95 Å². The van der Waals surface area contributed by atoms with Crippen LogP contribution in [-0.4, -0.2) is 40.5 Å². The predicted octanol–water partition coefficient (Wildman–Crippen LogP) is 1.45. The maximum Gasteiger partial charge on any atom is 0.225 e. The van der Waals surface area contributed by atoms with E-state index in [2.05, 4.69) is 25.2 Å². The van der Waals surface area contributed by atoms with Crippen LogP contribution < -0.4 is 10.2 Å². The van der Waals surface area contributed by atoms with Crippen LogP contribution in [0, 0.1) is 5.92 Å². The molecular weight excluding hydrogens is 290 g/mol. The molecule has 3 heterocycles. The van der Waals surface area contributed by atoms with Crippen molar-refractivity contribution in [1.29, 1.82) is 0 Å². The average molecular weight is 311 g/mol. The Labute approximate surface area is 136 Å². The monoisotopic (exact) mass is 311 g/mol. The molecule has 6 heteroatoms. The quantitative estimate of drug-likeness (QED) is 0.905. The van der Waals surface area contributed by atoms with Gasteiger partial charge in [0.05, 0.1) is 6.42 Å². The van der Waals surface area contributed by atoms with E-state index in [0.717, 1.165) is 37.4 Å². The lowest BCUT2D eigenvalue weighted by Crippen LogP contribution is -2.41. The number of amides is 1. The number of nitrogens with zero attached hydrogens (tertiary/aromatic N) is 4. The predicted molar refractivity (Wildman–Crippen MR) is 87.9 cm³/mol. The highest BCUT2D eigenvalue weighted by molar-refractivity contribution is 5.78. The Morgan fingerprint density at radius 3 is 2.91 bits per heavy atom. The van der Waals surface area contributed by atoms with E-state index in [0.29, 0.717) is 18.9 Å². The minimum absolute atomic E-state index is 0.0473. The Balaban J connectivity index is 1.47. The van der Waals surface area contributed by atoms with Crippen molar-refractivity contribution in [2.45, 2.75) is 19.3 Å². The summed E-state index contributed by atoms with van der Waals surface area (Å²) in [5, 5.41) is 3.04. The molecule has 0 bridgehead atoms. The van der Waals surface area contributed by atoms with Crippen molar-refractivity contribution >= 4 is 11.9 Å². The van der Waals surface area contributed by atoms with Gasteiger partial charge >= 0.3 is 0 Å². The standard InChI is InChI=1S/C17H21N5O/c23-16(10-14-4-1-6-18-11-14)21-12-15-5-2-9-22(13-15)17-19-7-3-8-20-17/h1,3-4,6-8,11,15H,2,5,9-10,12-13H2,(H,21,23). The third-order valence-electron chi connectivity index (χ3n) is 4.03. The number of rotatable bonds is 5. The number of piperidine rings is 1. The number of anilines is 1. The second kappa shape index (κ2) is 7.67. The third kappa shape index (κ3) is 4.48. The molecule has 1 aliphatic heterocycles. The van der Waals surface area contributed by atoms with Gasteiger partial charge in [0.25, 0.3) is 0 Å².